The molecule has 1 heteroatoms. The minimum Gasteiger partial charge on any atom is -0.456 e. The molecule has 0 fully saturated rings. The van der Waals surface area contributed by atoms with E-state index in [0.29, 0.717) is 0 Å². The molecule has 0 aliphatic carbocycles. The van der Waals surface area contributed by atoms with Gasteiger partial charge in [-0.15, -0.1) is 0 Å². The third-order valence-electron chi connectivity index (χ3n) is 8.83. The Hall–Kier alpha value is -5.66. The monoisotopic (exact) mass is 546 g/mol. The fourth-order valence-corrected chi connectivity index (χ4v) is 6.95. The minimum atomic E-state index is 0.916. The number of benzene rings is 8. The maximum absolute atomic E-state index is 6.23. The van der Waals surface area contributed by atoms with Crippen LogP contribution in [-0.4, -0.2) is 0 Å². The molecule has 0 bridgehead atoms. The summed E-state index contributed by atoms with van der Waals surface area (Å²) in [6, 6.07) is 56.9. The zero-order valence-corrected chi connectivity index (χ0v) is 23.4. The third kappa shape index (κ3) is 3.72. The molecule has 200 valence electrons. The van der Waals surface area contributed by atoms with Gasteiger partial charge in [0.1, 0.15) is 11.2 Å². The summed E-state index contributed by atoms with van der Waals surface area (Å²) in [5.74, 6) is 0. The highest BCUT2D eigenvalue weighted by Crippen LogP contribution is 2.45. The van der Waals surface area contributed by atoms with Crippen molar-refractivity contribution < 1.29 is 4.42 Å². The van der Waals surface area contributed by atoms with Crippen LogP contribution in [0.25, 0.3) is 87.6 Å². The van der Waals surface area contributed by atoms with Crippen LogP contribution in [0, 0.1) is 0 Å². The molecule has 8 aromatic carbocycles. The van der Waals surface area contributed by atoms with Gasteiger partial charge < -0.3 is 4.42 Å². The zero-order chi connectivity index (χ0) is 28.3. The van der Waals surface area contributed by atoms with E-state index in [4.69, 9.17) is 4.42 Å². The maximum Gasteiger partial charge on any atom is 0.136 e. The van der Waals surface area contributed by atoms with E-state index in [1.807, 2.05) is 12.1 Å². The van der Waals surface area contributed by atoms with Gasteiger partial charge in [0.2, 0.25) is 0 Å². The highest BCUT2D eigenvalue weighted by Gasteiger charge is 2.18. The van der Waals surface area contributed by atoms with Gasteiger partial charge in [-0.25, -0.2) is 0 Å². The van der Waals surface area contributed by atoms with Gasteiger partial charge in [-0.2, -0.15) is 0 Å². The van der Waals surface area contributed by atoms with Crippen molar-refractivity contribution in [1.82, 2.24) is 0 Å². The fourth-order valence-electron chi connectivity index (χ4n) is 6.95. The van der Waals surface area contributed by atoms with E-state index in [-0.39, 0.29) is 0 Å². The first-order valence-corrected chi connectivity index (χ1v) is 14.8. The minimum absolute atomic E-state index is 0.916. The smallest absolute Gasteiger partial charge is 0.136 e. The Morgan fingerprint density at radius 1 is 0.326 bits per heavy atom. The first kappa shape index (κ1) is 24.0. The Labute approximate surface area is 249 Å². The zero-order valence-electron chi connectivity index (χ0n) is 23.4. The van der Waals surface area contributed by atoms with E-state index in [9.17, 15) is 0 Å². The van der Waals surface area contributed by atoms with Gasteiger partial charge >= 0.3 is 0 Å². The van der Waals surface area contributed by atoms with Crippen molar-refractivity contribution in [2.24, 2.45) is 0 Å². The quantitative estimate of drug-likeness (QED) is 0.201. The number of furan rings is 1. The molecule has 0 aliphatic rings. The van der Waals surface area contributed by atoms with E-state index in [2.05, 4.69) is 146 Å². The van der Waals surface area contributed by atoms with Crippen molar-refractivity contribution in [3.63, 3.8) is 0 Å². The fraction of sp³-hybridized carbons (Fsp3) is 0. The molecule has 0 spiro atoms. The molecule has 1 aromatic heterocycles. The van der Waals surface area contributed by atoms with Crippen molar-refractivity contribution in [1.29, 1.82) is 0 Å². The maximum atomic E-state index is 6.23. The summed E-state index contributed by atoms with van der Waals surface area (Å²) >= 11 is 0. The van der Waals surface area contributed by atoms with Crippen molar-refractivity contribution in [3.05, 3.63) is 158 Å². The molecule has 0 aliphatic heterocycles. The average Bonchev–Trinajstić information content (AvgIpc) is 3.46. The van der Waals surface area contributed by atoms with Crippen LogP contribution in [0.4, 0.5) is 0 Å². The second kappa shape index (κ2) is 9.44. The van der Waals surface area contributed by atoms with Gasteiger partial charge in [-0.3, -0.25) is 0 Å². The van der Waals surface area contributed by atoms with Crippen LogP contribution < -0.4 is 0 Å². The van der Waals surface area contributed by atoms with Gasteiger partial charge in [-0.05, 0) is 90.0 Å². The molecule has 0 N–H and O–H groups in total. The molecular formula is C42H26O. The summed E-state index contributed by atoms with van der Waals surface area (Å²) in [5.41, 5.74) is 9.20. The van der Waals surface area contributed by atoms with Crippen LogP contribution in [0.2, 0.25) is 0 Å². The molecule has 1 heterocycles. The lowest BCUT2D eigenvalue weighted by Crippen LogP contribution is -1.91. The molecule has 0 saturated carbocycles. The Balaban J connectivity index is 1.32. The van der Waals surface area contributed by atoms with Crippen molar-refractivity contribution in [2.75, 3.05) is 0 Å². The predicted molar refractivity (Wildman–Crippen MR) is 183 cm³/mol. The first-order valence-electron chi connectivity index (χ1n) is 14.8. The molecule has 0 unspecified atom stereocenters. The van der Waals surface area contributed by atoms with Gasteiger partial charge in [0.15, 0.2) is 0 Å². The molecular weight excluding hydrogens is 520 g/mol. The lowest BCUT2D eigenvalue weighted by atomic mass is 9.85. The summed E-state index contributed by atoms with van der Waals surface area (Å²) < 4.78 is 6.23. The van der Waals surface area contributed by atoms with Crippen LogP contribution in [0.5, 0.6) is 0 Å². The average molecular weight is 547 g/mol. The summed E-state index contributed by atoms with van der Waals surface area (Å²) in [6.45, 7) is 0. The molecule has 0 saturated heterocycles. The van der Waals surface area contributed by atoms with Crippen LogP contribution in [0.15, 0.2) is 162 Å². The normalized spacial score (nSPS) is 11.7. The SMILES string of the molecule is c1cc(-c2c3ccccc3c(-c3ccc4ccccc4c3)c3ccccc23)cc(-c2cccc3oc4ccccc4c23)c1. The van der Waals surface area contributed by atoms with Gasteiger partial charge in [0, 0.05) is 10.8 Å². The first-order chi connectivity index (χ1) is 21.3. The molecule has 43 heavy (non-hydrogen) atoms. The second-order valence-corrected chi connectivity index (χ2v) is 11.3. The predicted octanol–water partition coefficient (Wildman–Crippen LogP) is 12.0. The summed E-state index contributed by atoms with van der Waals surface area (Å²) in [7, 11) is 0. The van der Waals surface area contributed by atoms with E-state index in [0.717, 1.165) is 21.9 Å². The van der Waals surface area contributed by atoms with E-state index >= 15 is 0 Å². The number of hydrogen-bond donors (Lipinski definition) is 0. The Morgan fingerprint density at radius 3 is 1.58 bits per heavy atom. The van der Waals surface area contributed by atoms with Crippen LogP contribution in [0.3, 0.4) is 0 Å². The lowest BCUT2D eigenvalue weighted by Gasteiger charge is -2.18. The van der Waals surface area contributed by atoms with Crippen LogP contribution >= 0.6 is 0 Å². The summed E-state index contributed by atoms with van der Waals surface area (Å²) in [5, 5.41) is 9.87. The third-order valence-corrected chi connectivity index (χ3v) is 8.83. The van der Waals surface area contributed by atoms with Crippen molar-refractivity contribution >= 4 is 54.3 Å². The molecule has 9 rings (SSSR count). The molecule has 9 aromatic rings. The second-order valence-electron chi connectivity index (χ2n) is 11.3. The van der Waals surface area contributed by atoms with E-state index in [1.165, 1.54) is 65.7 Å². The standard InChI is InChI=1S/C42H26O/c1-2-12-28-25-31(24-23-27(28)11-1)41-35-17-5-3-15-33(35)40(34-16-4-6-18-36(34)41)30-14-9-13-29(26-30)32-20-10-22-39-42(32)37-19-7-8-21-38(37)43-39/h1-26H. The Kier molecular flexibility index (Phi) is 5.27. The summed E-state index contributed by atoms with van der Waals surface area (Å²) in [4.78, 5) is 0. The van der Waals surface area contributed by atoms with Crippen LogP contribution in [-0.2, 0) is 0 Å². The Bertz CT molecular complexity index is 2460. The number of fused-ring (bicyclic) bond motifs is 6. The molecule has 0 amide bonds. The van der Waals surface area contributed by atoms with E-state index in [1.54, 1.807) is 0 Å². The summed E-state index contributed by atoms with van der Waals surface area (Å²) in [6.07, 6.45) is 0. The number of hydrogen-bond acceptors (Lipinski definition) is 1. The van der Waals surface area contributed by atoms with Crippen molar-refractivity contribution in [3.8, 4) is 33.4 Å². The molecule has 1 nitrogen and oxygen atoms in total. The lowest BCUT2D eigenvalue weighted by molar-refractivity contribution is 0.669. The topological polar surface area (TPSA) is 13.1 Å². The highest BCUT2D eigenvalue weighted by molar-refractivity contribution is 6.22. The number of para-hydroxylation sites is 1. The Morgan fingerprint density at radius 2 is 0.860 bits per heavy atom. The largest absolute Gasteiger partial charge is 0.456 e. The van der Waals surface area contributed by atoms with Gasteiger partial charge in [0.05, 0.1) is 0 Å². The molecule has 0 atom stereocenters. The van der Waals surface area contributed by atoms with Gasteiger partial charge in [-0.1, -0.05) is 133 Å². The van der Waals surface area contributed by atoms with Crippen LogP contribution in [0.1, 0.15) is 0 Å². The van der Waals surface area contributed by atoms with Crippen molar-refractivity contribution in [2.45, 2.75) is 0 Å². The van der Waals surface area contributed by atoms with Gasteiger partial charge in [0.25, 0.3) is 0 Å². The number of rotatable bonds is 3. The highest BCUT2D eigenvalue weighted by atomic mass is 16.3. The molecule has 0 radical (unpaired) electrons. The van der Waals surface area contributed by atoms with E-state index < -0.39 is 0 Å².